The summed E-state index contributed by atoms with van der Waals surface area (Å²) in [6, 6.07) is 7.91. The number of rotatable bonds is 6. The molecule has 21 heavy (non-hydrogen) atoms. The first-order chi connectivity index (χ1) is 10.1. The number of ether oxygens (including phenoxy) is 1. The van der Waals surface area contributed by atoms with Gasteiger partial charge < -0.3 is 15.2 Å². The van der Waals surface area contributed by atoms with Crippen LogP contribution in [0.25, 0.3) is 0 Å². The number of para-hydroxylation sites is 1. The molecule has 0 fully saturated rings. The quantitative estimate of drug-likeness (QED) is 0.847. The van der Waals surface area contributed by atoms with Gasteiger partial charge in [-0.2, -0.15) is 0 Å². The summed E-state index contributed by atoms with van der Waals surface area (Å²) in [5.74, 6) is 1.09. The fourth-order valence-corrected chi connectivity index (χ4v) is 2.69. The van der Waals surface area contributed by atoms with E-state index >= 15 is 0 Å². The van der Waals surface area contributed by atoms with Gasteiger partial charge in [0.15, 0.2) is 0 Å². The van der Waals surface area contributed by atoms with Crippen LogP contribution in [0.1, 0.15) is 51.0 Å². The summed E-state index contributed by atoms with van der Waals surface area (Å²) in [6.07, 6.45) is 2.59. The highest BCUT2D eigenvalue weighted by Gasteiger charge is 2.26. The van der Waals surface area contributed by atoms with E-state index in [2.05, 4.69) is 5.32 Å². The van der Waals surface area contributed by atoms with Crippen LogP contribution in [0, 0.1) is 0 Å². The second-order valence-electron chi connectivity index (χ2n) is 5.78. The second-order valence-corrected chi connectivity index (χ2v) is 5.78. The molecular weight excluding hydrogens is 266 g/mol. The van der Waals surface area contributed by atoms with Gasteiger partial charge in [-0.15, -0.1) is 0 Å². The number of benzene rings is 1. The molecule has 1 aliphatic heterocycles. The molecule has 1 aliphatic rings. The van der Waals surface area contributed by atoms with Crippen molar-refractivity contribution in [2.75, 3.05) is 13.2 Å². The van der Waals surface area contributed by atoms with Crippen molar-refractivity contribution in [3.63, 3.8) is 0 Å². The summed E-state index contributed by atoms with van der Waals surface area (Å²) in [7, 11) is 0. The number of amides is 1. The van der Waals surface area contributed by atoms with E-state index < -0.39 is 5.60 Å². The molecule has 0 radical (unpaired) electrons. The molecule has 0 saturated carbocycles. The minimum Gasteiger partial charge on any atom is -0.493 e. The average Bonchev–Trinajstić information content (AvgIpc) is 2.53. The second kappa shape index (κ2) is 6.94. The molecule has 0 spiro atoms. The topological polar surface area (TPSA) is 58.6 Å². The summed E-state index contributed by atoms with van der Waals surface area (Å²) in [6.45, 7) is 4.85. The van der Waals surface area contributed by atoms with Crippen LogP contribution < -0.4 is 10.1 Å². The van der Waals surface area contributed by atoms with E-state index in [9.17, 15) is 9.90 Å². The molecule has 4 nitrogen and oxygen atoms in total. The Bertz CT molecular complexity index is 483. The Kier molecular flexibility index (Phi) is 5.23. The van der Waals surface area contributed by atoms with E-state index in [1.54, 1.807) is 0 Å². The fraction of sp³-hybridized carbons (Fsp3) is 0.588. The number of nitrogens with one attached hydrogen (secondary N) is 1. The van der Waals surface area contributed by atoms with E-state index in [0.717, 1.165) is 17.7 Å². The molecule has 1 aromatic rings. The van der Waals surface area contributed by atoms with Crippen molar-refractivity contribution in [3.8, 4) is 5.75 Å². The first kappa shape index (κ1) is 15.8. The van der Waals surface area contributed by atoms with Crippen LogP contribution in [0.2, 0.25) is 0 Å². The van der Waals surface area contributed by atoms with Gasteiger partial charge in [-0.05, 0) is 36.8 Å². The standard InChI is InChI=1S/C17H25NO3/c1-3-17(20,4-2)12-18-16(19)11-13-9-10-21-15-8-6-5-7-14(13)15/h5-8,13,20H,3-4,9-12H2,1-2H3,(H,18,19). The van der Waals surface area contributed by atoms with E-state index in [1.807, 2.05) is 38.1 Å². The van der Waals surface area contributed by atoms with E-state index in [4.69, 9.17) is 4.74 Å². The third-order valence-corrected chi connectivity index (χ3v) is 4.45. The zero-order chi connectivity index (χ0) is 15.3. The summed E-state index contributed by atoms with van der Waals surface area (Å²) in [5.41, 5.74) is 0.323. The molecule has 1 atom stereocenters. The molecule has 1 heterocycles. The fourth-order valence-electron chi connectivity index (χ4n) is 2.69. The maximum atomic E-state index is 12.1. The van der Waals surface area contributed by atoms with E-state index in [-0.39, 0.29) is 11.8 Å². The minimum absolute atomic E-state index is 0.00275. The van der Waals surface area contributed by atoms with Gasteiger partial charge in [-0.3, -0.25) is 4.79 Å². The van der Waals surface area contributed by atoms with Crippen LogP contribution >= 0.6 is 0 Å². The lowest BCUT2D eigenvalue weighted by atomic mass is 9.90. The lowest BCUT2D eigenvalue weighted by Gasteiger charge is -2.27. The van der Waals surface area contributed by atoms with Crippen molar-refractivity contribution in [2.24, 2.45) is 0 Å². The Morgan fingerprint density at radius 2 is 2.10 bits per heavy atom. The lowest BCUT2D eigenvalue weighted by molar-refractivity contribution is -0.123. The molecule has 4 heteroatoms. The Balaban J connectivity index is 1.92. The van der Waals surface area contributed by atoms with E-state index in [1.165, 1.54) is 0 Å². The van der Waals surface area contributed by atoms with Crippen molar-refractivity contribution in [3.05, 3.63) is 29.8 Å². The molecule has 1 aromatic carbocycles. The third-order valence-electron chi connectivity index (χ3n) is 4.45. The maximum Gasteiger partial charge on any atom is 0.220 e. The largest absolute Gasteiger partial charge is 0.493 e. The molecule has 1 unspecified atom stereocenters. The van der Waals surface area contributed by atoms with Crippen molar-refractivity contribution in [1.29, 1.82) is 0 Å². The average molecular weight is 291 g/mol. The normalized spacial score (nSPS) is 17.8. The van der Waals surface area contributed by atoms with Gasteiger partial charge in [0.2, 0.25) is 5.91 Å². The predicted molar refractivity (Wildman–Crippen MR) is 82.5 cm³/mol. The zero-order valence-corrected chi connectivity index (χ0v) is 12.9. The van der Waals surface area contributed by atoms with Gasteiger partial charge in [0.1, 0.15) is 5.75 Å². The number of aliphatic hydroxyl groups is 1. The number of fused-ring (bicyclic) bond motifs is 1. The molecule has 0 saturated heterocycles. The van der Waals surface area contributed by atoms with Gasteiger partial charge in [-0.1, -0.05) is 32.0 Å². The summed E-state index contributed by atoms with van der Waals surface area (Å²) in [4.78, 5) is 12.1. The lowest BCUT2D eigenvalue weighted by Crippen LogP contribution is -2.42. The SMILES string of the molecule is CCC(O)(CC)CNC(=O)CC1CCOc2ccccc21. The Labute approximate surface area is 126 Å². The van der Waals surface area contributed by atoms with Crippen molar-refractivity contribution >= 4 is 5.91 Å². The van der Waals surface area contributed by atoms with Gasteiger partial charge in [-0.25, -0.2) is 0 Å². The Morgan fingerprint density at radius 3 is 2.81 bits per heavy atom. The molecule has 2 N–H and O–H groups in total. The van der Waals surface area contributed by atoms with Gasteiger partial charge >= 0.3 is 0 Å². The van der Waals surface area contributed by atoms with Crippen LogP contribution in [0.5, 0.6) is 5.75 Å². The molecule has 0 aromatic heterocycles. The van der Waals surface area contributed by atoms with Crippen molar-refractivity contribution < 1.29 is 14.6 Å². The van der Waals surface area contributed by atoms with Crippen LogP contribution in [0.4, 0.5) is 0 Å². The van der Waals surface area contributed by atoms with Crippen LogP contribution in [-0.4, -0.2) is 29.8 Å². The summed E-state index contributed by atoms with van der Waals surface area (Å²) in [5, 5.41) is 13.1. The van der Waals surface area contributed by atoms with Crippen molar-refractivity contribution in [2.45, 2.75) is 51.0 Å². The molecular formula is C17H25NO3. The predicted octanol–water partition coefficient (Wildman–Crippen LogP) is 2.61. The summed E-state index contributed by atoms with van der Waals surface area (Å²) < 4.78 is 5.61. The Hall–Kier alpha value is -1.55. The first-order valence-corrected chi connectivity index (χ1v) is 7.79. The number of carbonyl (C=O) groups is 1. The molecule has 0 bridgehead atoms. The van der Waals surface area contributed by atoms with Crippen LogP contribution in [0.3, 0.4) is 0 Å². The highest BCUT2D eigenvalue weighted by atomic mass is 16.5. The molecule has 0 aliphatic carbocycles. The first-order valence-electron chi connectivity index (χ1n) is 7.79. The molecule has 116 valence electrons. The monoisotopic (exact) mass is 291 g/mol. The molecule has 1 amide bonds. The smallest absolute Gasteiger partial charge is 0.220 e. The zero-order valence-electron chi connectivity index (χ0n) is 12.9. The van der Waals surface area contributed by atoms with Crippen LogP contribution in [0.15, 0.2) is 24.3 Å². The highest BCUT2D eigenvalue weighted by molar-refractivity contribution is 5.77. The Morgan fingerprint density at radius 1 is 1.38 bits per heavy atom. The van der Waals surface area contributed by atoms with Gasteiger partial charge in [0.25, 0.3) is 0 Å². The minimum atomic E-state index is -0.788. The number of hydrogen-bond donors (Lipinski definition) is 2. The maximum absolute atomic E-state index is 12.1. The molecule has 2 rings (SSSR count). The van der Waals surface area contributed by atoms with Gasteiger partial charge in [0, 0.05) is 13.0 Å². The van der Waals surface area contributed by atoms with Crippen molar-refractivity contribution in [1.82, 2.24) is 5.32 Å². The van der Waals surface area contributed by atoms with Gasteiger partial charge in [0.05, 0.1) is 12.2 Å². The van der Waals surface area contributed by atoms with E-state index in [0.29, 0.717) is 32.4 Å². The summed E-state index contributed by atoms with van der Waals surface area (Å²) >= 11 is 0. The number of carbonyl (C=O) groups excluding carboxylic acids is 1. The number of hydrogen-bond acceptors (Lipinski definition) is 3. The third kappa shape index (κ3) is 3.97. The van der Waals surface area contributed by atoms with Crippen LogP contribution in [-0.2, 0) is 4.79 Å². The highest BCUT2D eigenvalue weighted by Crippen LogP contribution is 2.35.